The fourth-order valence-electron chi connectivity index (χ4n) is 1.76. The number of H-pyrrole nitrogens is 1. The van der Waals surface area contributed by atoms with Gasteiger partial charge in [-0.05, 0) is 17.7 Å². The van der Waals surface area contributed by atoms with Crippen LogP contribution in [0.2, 0.25) is 0 Å². The molecule has 4 N–H and O–H groups in total. The number of nitrogens with zero attached hydrogens (tertiary/aromatic N) is 3. The number of nitrogen functional groups attached to an aromatic ring is 1. The number of hydrogen-bond acceptors (Lipinski definition) is 6. The van der Waals surface area contributed by atoms with Crippen molar-refractivity contribution in [2.45, 2.75) is 6.61 Å². The first kappa shape index (κ1) is 12.8. The van der Waals surface area contributed by atoms with E-state index in [2.05, 4.69) is 41.5 Å². The Labute approximate surface area is 122 Å². The smallest absolute Gasteiger partial charge is 0.242 e. The van der Waals surface area contributed by atoms with Gasteiger partial charge in [0.25, 0.3) is 0 Å². The third-order valence-electron chi connectivity index (χ3n) is 2.67. The fraction of sp³-hybridized carbons (Fsp3) is 0.0833. The number of hydrogen-bond donors (Lipinski definition) is 3. The van der Waals surface area contributed by atoms with Crippen molar-refractivity contribution in [2.75, 3.05) is 5.43 Å². The summed E-state index contributed by atoms with van der Waals surface area (Å²) in [5, 5.41) is 7.39. The van der Waals surface area contributed by atoms with Crippen LogP contribution >= 0.6 is 15.9 Å². The van der Waals surface area contributed by atoms with E-state index in [0.29, 0.717) is 23.5 Å². The van der Waals surface area contributed by atoms with Crippen LogP contribution in [0, 0.1) is 0 Å². The molecule has 2 heterocycles. The summed E-state index contributed by atoms with van der Waals surface area (Å²) in [5.41, 5.74) is 3.99. The molecule has 0 amide bonds. The van der Waals surface area contributed by atoms with E-state index in [0.717, 1.165) is 10.0 Å². The summed E-state index contributed by atoms with van der Waals surface area (Å²) in [5.74, 6) is 6.03. The van der Waals surface area contributed by atoms with Crippen molar-refractivity contribution in [3.63, 3.8) is 0 Å². The molecular formula is C12H11BrN6O. The Hall–Kier alpha value is -2.19. The topological polar surface area (TPSA) is 102 Å². The zero-order valence-corrected chi connectivity index (χ0v) is 11.9. The summed E-state index contributed by atoms with van der Waals surface area (Å²) >= 11 is 3.42. The molecule has 0 aliphatic rings. The normalized spacial score (nSPS) is 10.7. The van der Waals surface area contributed by atoms with Gasteiger partial charge in [0, 0.05) is 4.47 Å². The Morgan fingerprint density at radius 3 is 3.05 bits per heavy atom. The van der Waals surface area contributed by atoms with Gasteiger partial charge in [0.2, 0.25) is 11.8 Å². The Kier molecular flexibility index (Phi) is 3.48. The van der Waals surface area contributed by atoms with E-state index in [4.69, 9.17) is 10.6 Å². The van der Waals surface area contributed by atoms with E-state index in [1.807, 2.05) is 24.3 Å². The summed E-state index contributed by atoms with van der Waals surface area (Å²) in [6.07, 6.45) is 1.62. The number of nitrogens with one attached hydrogen (secondary N) is 2. The highest BCUT2D eigenvalue weighted by atomic mass is 79.9. The molecule has 0 unspecified atom stereocenters. The van der Waals surface area contributed by atoms with Gasteiger partial charge in [-0.1, -0.05) is 28.1 Å². The molecule has 3 aromatic rings. The van der Waals surface area contributed by atoms with Crippen molar-refractivity contribution in [2.24, 2.45) is 5.84 Å². The Balaban J connectivity index is 1.88. The second-order valence-electron chi connectivity index (χ2n) is 4.05. The van der Waals surface area contributed by atoms with Crippen molar-refractivity contribution in [3.05, 3.63) is 40.5 Å². The van der Waals surface area contributed by atoms with Crippen LogP contribution in [-0.4, -0.2) is 20.2 Å². The summed E-state index contributed by atoms with van der Waals surface area (Å²) in [6, 6.07) is 7.86. The molecule has 0 bridgehead atoms. The Morgan fingerprint density at radius 2 is 2.25 bits per heavy atom. The number of nitrogens with two attached hydrogens (primary N) is 1. The van der Waals surface area contributed by atoms with Gasteiger partial charge < -0.3 is 4.74 Å². The zero-order valence-electron chi connectivity index (χ0n) is 10.3. The molecule has 1 aromatic carbocycles. The van der Waals surface area contributed by atoms with Crippen LogP contribution in [0.3, 0.4) is 0 Å². The van der Waals surface area contributed by atoms with Gasteiger partial charge in [-0.25, -0.2) is 5.84 Å². The predicted molar refractivity (Wildman–Crippen MR) is 78.0 cm³/mol. The molecule has 0 atom stereocenters. The van der Waals surface area contributed by atoms with Crippen LogP contribution in [-0.2, 0) is 6.61 Å². The number of fused-ring (bicyclic) bond motifs is 1. The number of halogens is 1. The van der Waals surface area contributed by atoms with Crippen LogP contribution in [0.25, 0.3) is 11.0 Å². The van der Waals surface area contributed by atoms with Crippen molar-refractivity contribution in [3.8, 4) is 5.88 Å². The lowest BCUT2D eigenvalue weighted by Gasteiger charge is -2.08. The van der Waals surface area contributed by atoms with Crippen molar-refractivity contribution in [1.82, 2.24) is 20.2 Å². The minimum atomic E-state index is 0.269. The van der Waals surface area contributed by atoms with Gasteiger partial charge in [-0.2, -0.15) is 15.1 Å². The van der Waals surface area contributed by atoms with Crippen molar-refractivity contribution >= 4 is 32.9 Å². The number of anilines is 1. The first-order valence-corrected chi connectivity index (χ1v) is 6.60. The zero-order chi connectivity index (χ0) is 13.9. The predicted octanol–water partition coefficient (Wildman–Crippen LogP) is 1.98. The van der Waals surface area contributed by atoms with Crippen LogP contribution in [0.5, 0.6) is 5.88 Å². The molecular weight excluding hydrogens is 324 g/mol. The molecule has 0 saturated carbocycles. The maximum atomic E-state index is 5.73. The van der Waals surface area contributed by atoms with Crippen LogP contribution < -0.4 is 16.0 Å². The monoisotopic (exact) mass is 334 g/mol. The minimum Gasteiger partial charge on any atom is -0.472 e. The number of ether oxygens (including phenoxy) is 1. The summed E-state index contributed by atoms with van der Waals surface area (Å²) in [4.78, 5) is 8.32. The molecule has 0 radical (unpaired) electrons. The van der Waals surface area contributed by atoms with Gasteiger partial charge in [-0.3, -0.25) is 10.5 Å². The molecule has 20 heavy (non-hydrogen) atoms. The van der Waals surface area contributed by atoms with E-state index in [1.165, 1.54) is 0 Å². The lowest BCUT2D eigenvalue weighted by molar-refractivity contribution is 0.298. The molecule has 0 aliphatic carbocycles. The van der Waals surface area contributed by atoms with Crippen LogP contribution in [0.1, 0.15) is 5.56 Å². The first-order chi connectivity index (χ1) is 9.76. The highest BCUT2D eigenvalue weighted by molar-refractivity contribution is 9.10. The third kappa shape index (κ3) is 2.56. The molecule has 0 spiro atoms. The van der Waals surface area contributed by atoms with Crippen LogP contribution in [0.4, 0.5) is 5.95 Å². The van der Waals surface area contributed by atoms with Crippen molar-refractivity contribution < 1.29 is 4.74 Å². The highest BCUT2D eigenvalue weighted by Gasteiger charge is 2.10. The summed E-state index contributed by atoms with van der Waals surface area (Å²) in [7, 11) is 0. The molecule has 2 aromatic heterocycles. The number of rotatable bonds is 4. The SMILES string of the molecule is NNc1nc(OCc2cccc(Br)c2)c2cn[nH]c2n1. The average Bonchev–Trinajstić information content (AvgIpc) is 2.93. The molecule has 8 heteroatoms. The van der Waals surface area contributed by atoms with E-state index >= 15 is 0 Å². The molecule has 0 fully saturated rings. The van der Waals surface area contributed by atoms with E-state index in [9.17, 15) is 0 Å². The van der Waals surface area contributed by atoms with E-state index < -0.39 is 0 Å². The lowest BCUT2D eigenvalue weighted by Crippen LogP contribution is -2.11. The first-order valence-electron chi connectivity index (χ1n) is 5.81. The van der Waals surface area contributed by atoms with Gasteiger partial charge in [-0.15, -0.1) is 0 Å². The molecule has 102 valence electrons. The van der Waals surface area contributed by atoms with E-state index in [1.54, 1.807) is 6.20 Å². The molecule has 7 nitrogen and oxygen atoms in total. The fourth-order valence-corrected chi connectivity index (χ4v) is 2.21. The second kappa shape index (κ2) is 5.43. The lowest BCUT2D eigenvalue weighted by atomic mass is 10.2. The van der Waals surface area contributed by atoms with Crippen molar-refractivity contribution in [1.29, 1.82) is 0 Å². The number of aromatic amines is 1. The van der Waals surface area contributed by atoms with Gasteiger partial charge in [0.1, 0.15) is 12.0 Å². The van der Waals surface area contributed by atoms with Gasteiger partial charge >= 0.3 is 0 Å². The highest BCUT2D eigenvalue weighted by Crippen LogP contribution is 2.23. The molecule has 0 saturated heterocycles. The average molecular weight is 335 g/mol. The Morgan fingerprint density at radius 1 is 1.35 bits per heavy atom. The van der Waals surface area contributed by atoms with Gasteiger partial charge in [0.05, 0.1) is 6.20 Å². The van der Waals surface area contributed by atoms with Gasteiger partial charge in [0.15, 0.2) is 5.65 Å². The second-order valence-corrected chi connectivity index (χ2v) is 4.96. The minimum absolute atomic E-state index is 0.269. The Bertz CT molecular complexity index is 744. The third-order valence-corrected chi connectivity index (χ3v) is 3.16. The largest absolute Gasteiger partial charge is 0.472 e. The summed E-state index contributed by atoms with van der Waals surface area (Å²) < 4.78 is 6.73. The number of aromatic nitrogens is 4. The maximum Gasteiger partial charge on any atom is 0.242 e. The number of benzene rings is 1. The van der Waals surface area contributed by atoms with Crippen LogP contribution in [0.15, 0.2) is 34.9 Å². The maximum absolute atomic E-state index is 5.73. The number of hydrazine groups is 1. The molecule has 3 rings (SSSR count). The summed E-state index contributed by atoms with van der Waals surface area (Å²) in [6.45, 7) is 0.390. The quantitative estimate of drug-likeness (QED) is 0.498. The standard InChI is InChI=1S/C12H11BrN6O/c13-8-3-1-2-7(4-8)6-20-11-9-5-15-19-10(9)16-12(17-11)18-14/h1-5H,6,14H2,(H2,15,16,17,18,19). The van der Waals surface area contributed by atoms with E-state index in [-0.39, 0.29) is 5.95 Å². The molecule has 0 aliphatic heterocycles.